The van der Waals surface area contributed by atoms with Crippen molar-refractivity contribution in [1.29, 1.82) is 0 Å². The second kappa shape index (κ2) is 18.6. The molecule has 0 aliphatic carbocycles. The van der Waals surface area contributed by atoms with Gasteiger partial charge in [0.05, 0.1) is 45.6 Å². The van der Waals surface area contributed by atoms with E-state index in [4.69, 9.17) is 19.2 Å². The standard InChI is InChI=1S/C45H57N5O4S/c1-5-7-22-52-25-26-54-39-13-10-35(11-14-39)36-12-17-43-38(27-36)28-37(9-8-21-49(43)30-34-18-23-53-24-19-34)45-47-41-16-15-40(29-42(41)48-45)55(51)31-44-32(3)46-33(4)50(44)20-6-2/h10-17,27-29,34H,5-9,18-26,30-31H2,1-4H3,(H,47,48)/b37-28+/t55-/m0/s1. The lowest BCUT2D eigenvalue weighted by Crippen LogP contribution is -2.34. The molecule has 0 bridgehead atoms. The Bertz CT molecular complexity index is 2100. The minimum atomic E-state index is -1.22. The SMILES string of the molecule is CCCCOCCOc1ccc(-c2ccc3c(c2)/C=C(/c2nc4ccc([S@@](=O)Cc5c(C)nc(C)n5CCC)cc4[nH]2)CCCN3CC2CCOCC2)cc1. The molecule has 2 aliphatic heterocycles. The summed E-state index contributed by atoms with van der Waals surface area (Å²) in [7, 11) is -1.22. The molecule has 0 unspecified atom stereocenters. The summed E-state index contributed by atoms with van der Waals surface area (Å²) in [5, 5.41) is 0. The molecule has 1 saturated heterocycles. The number of aromatic amines is 1. The predicted octanol–water partition coefficient (Wildman–Crippen LogP) is 9.52. The molecule has 55 heavy (non-hydrogen) atoms. The number of benzene rings is 3. The van der Waals surface area contributed by atoms with Gasteiger partial charge in [-0.25, -0.2) is 9.97 Å². The van der Waals surface area contributed by atoms with E-state index in [0.29, 0.717) is 24.9 Å². The van der Waals surface area contributed by atoms with Gasteiger partial charge >= 0.3 is 0 Å². The zero-order chi connectivity index (χ0) is 38.1. The number of hydrogen-bond acceptors (Lipinski definition) is 7. The summed E-state index contributed by atoms with van der Waals surface area (Å²) < 4.78 is 33.3. The van der Waals surface area contributed by atoms with Gasteiger partial charge in [-0.05, 0) is 129 Å². The van der Waals surface area contributed by atoms with Crippen LogP contribution >= 0.6 is 0 Å². The number of unbranched alkanes of at least 4 members (excludes halogenated alkanes) is 1. The van der Waals surface area contributed by atoms with Gasteiger partial charge in [-0.2, -0.15) is 0 Å². The summed E-state index contributed by atoms with van der Waals surface area (Å²) >= 11 is 0. The van der Waals surface area contributed by atoms with Gasteiger partial charge in [0.2, 0.25) is 0 Å². The van der Waals surface area contributed by atoms with Gasteiger partial charge in [0.1, 0.15) is 24.0 Å². The van der Waals surface area contributed by atoms with Crippen molar-refractivity contribution in [3.05, 3.63) is 89.3 Å². The fourth-order valence-electron chi connectivity index (χ4n) is 7.86. The highest BCUT2D eigenvalue weighted by atomic mass is 32.2. The lowest BCUT2D eigenvalue weighted by atomic mass is 9.94. The first-order chi connectivity index (χ1) is 26.9. The Morgan fingerprint density at radius 3 is 2.55 bits per heavy atom. The Hall–Kier alpha value is -4.25. The fraction of sp³-hybridized carbons (Fsp3) is 0.467. The third kappa shape index (κ3) is 9.59. The average Bonchev–Trinajstić information content (AvgIpc) is 3.74. The summed E-state index contributed by atoms with van der Waals surface area (Å²) in [6, 6.07) is 21.2. The molecule has 292 valence electrons. The molecule has 0 radical (unpaired) electrons. The third-order valence-corrected chi connectivity index (χ3v) is 12.2. The maximum Gasteiger partial charge on any atom is 0.134 e. The number of aromatic nitrogens is 4. The minimum absolute atomic E-state index is 0.442. The number of aryl methyl sites for hydroxylation is 2. The van der Waals surface area contributed by atoms with Crippen LogP contribution in [0.1, 0.15) is 87.4 Å². The molecule has 7 rings (SSSR count). The monoisotopic (exact) mass is 763 g/mol. The molecular weight excluding hydrogens is 707 g/mol. The number of nitrogens with one attached hydrogen (secondary N) is 1. The Morgan fingerprint density at radius 1 is 0.927 bits per heavy atom. The number of nitrogens with zero attached hydrogens (tertiary/aromatic N) is 4. The Labute approximate surface area is 329 Å². The molecule has 5 aromatic rings. The number of allylic oxidation sites excluding steroid dienone is 1. The highest BCUT2D eigenvalue weighted by molar-refractivity contribution is 7.84. The van der Waals surface area contributed by atoms with Crippen LogP contribution < -0.4 is 9.64 Å². The molecule has 1 atom stereocenters. The van der Waals surface area contributed by atoms with E-state index in [2.05, 4.69) is 69.7 Å². The molecule has 2 aliphatic rings. The van der Waals surface area contributed by atoms with Crippen LogP contribution in [0.3, 0.4) is 0 Å². The molecule has 1 fully saturated rings. The molecule has 0 amide bonds. The zero-order valence-corrected chi connectivity index (χ0v) is 33.9. The van der Waals surface area contributed by atoms with Gasteiger partial charge in [0, 0.05) is 50.0 Å². The molecule has 3 aromatic carbocycles. The van der Waals surface area contributed by atoms with Crippen molar-refractivity contribution in [3.8, 4) is 16.9 Å². The van der Waals surface area contributed by atoms with E-state index >= 15 is 0 Å². The van der Waals surface area contributed by atoms with E-state index in [1.807, 2.05) is 44.2 Å². The Kier molecular flexibility index (Phi) is 13.2. The van der Waals surface area contributed by atoms with Crippen LogP contribution in [0.25, 0.3) is 33.8 Å². The van der Waals surface area contributed by atoms with E-state index in [1.54, 1.807) is 0 Å². The topological polar surface area (TPSA) is 94.5 Å². The molecule has 10 heteroatoms. The number of anilines is 1. The molecule has 2 aromatic heterocycles. The smallest absolute Gasteiger partial charge is 0.134 e. The first kappa shape index (κ1) is 39.0. The Balaban J connectivity index is 1.15. The fourth-order valence-corrected chi connectivity index (χ4v) is 9.11. The quantitative estimate of drug-likeness (QED) is 0.100. The molecule has 0 spiro atoms. The summed E-state index contributed by atoms with van der Waals surface area (Å²) in [6.07, 6.45) is 9.70. The van der Waals surface area contributed by atoms with Crippen molar-refractivity contribution in [3.63, 3.8) is 0 Å². The van der Waals surface area contributed by atoms with Crippen molar-refractivity contribution < 1.29 is 18.4 Å². The van der Waals surface area contributed by atoms with E-state index < -0.39 is 10.8 Å². The number of rotatable bonds is 16. The van der Waals surface area contributed by atoms with Gasteiger partial charge in [0.15, 0.2) is 0 Å². The summed E-state index contributed by atoms with van der Waals surface area (Å²) in [6.45, 7) is 14.9. The van der Waals surface area contributed by atoms with Crippen molar-refractivity contribution in [2.75, 3.05) is 51.0 Å². The van der Waals surface area contributed by atoms with Crippen LogP contribution in [0.15, 0.2) is 65.6 Å². The average molecular weight is 764 g/mol. The molecular formula is C45H57N5O4S. The van der Waals surface area contributed by atoms with Crippen molar-refractivity contribution >= 4 is 39.2 Å². The minimum Gasteiger partial charge on any atom is -0.491 e. The number of ether oxygens (including phenoxy) is 3. The van der Waals surface area contributed by atoms with Crippen molar-refractivity contribution in [2.24, 2.45) is 5.92 Å². The normalized spacial score (nSPS) is 16.7. The molecule has 1 N–H and O–H groups in total. The van der Waals surface area contributed by atoms with Crippen LogP contribution in [0.2, 0.25) is 0 Å². The number of H-pyrrole nitrogens is 1. The maximum absolute atomic E-state index is 13.7. The second-order valence-corrected chi connectivity index (χ2v) is 16.4. The van der Waals surface area contributed by atoms with Crippen molar-refractivity contribution in [1.82, 2.24) is 19.5 Å². The van der Waals surface area contributed by atoms with Crippen LogP contribution in [-0.2, 0) is 32.6 Å². The van der Waals surface area contributed by atoms with Gasteiger partial charge in [-0.15, -0.1) is 0 Å². The third-order valence-electron chi connectivity index (χ3n) is 10.9. The van der Waals surface area contributed by atoms with E-state index in [0.717, 1.165) is 140 Å². The number of hydrogen-bond donors (Lipinski definition) is 1. The van der Waals surface area contributed by atoms with E-state index in [-0.39, 0.29) is 0 Å². The first-order valence-corrected chi connectivity index (χ1v) is 21.6. The number of imidazole rings is 2. The molecule has 0 saturated carbocycles. The van der Waals surface area contributed by atoms with Crippen LogP contribution in [0.5, 0.6) is 5.75 Å². The summed E-state index contributed by atoms with van der Waals surface area (Å²) in [4.78, 5) is 16.8. The molecule has 9 nitrogen and oxygen atoms in total. The van der Waals surface area contributed by atoms with E-state index in [9.17, 15) is 4.21 Å². The van der Waals surface area contributed by atoms with Gasteiger partial charge < -0.3 is 28.7 Å². The second-order valence-electron chi connectivity index (χ2n) is 15.0. The van der Waals surface area contributed by atoms with Gasteiger partial charge in [-0.3, -0.25) is 4.21 Å². The lowest BCUT2D eigenvalue weighted by Gasteiger charge is -2.33. The van der Waals surface area contributed by atoms with Crippen LogP contribution in [0, 0.1) is 19.8 Å². The maximum atomic E-state index is 13.7. The first-order valence-electron chi connectivity index (χ1n) is 20.3. The highest BCUT2D eigenvalue weighted by Gasteiger charge is 2.23. The van der Waals surface area contributed by atoms with Crippen LogP contribution in [0.4, 0.5) is 5.69 Å². The zero-order valence-electron chi connectivity index (χ0n) is 33.1. The largest absolute Gasteiger partial charge is 0.491 e. The Morgan fingerprint density at radius 2 is 1.75 bits per heavy atom. The lowest BCUT2D eigenvalue weighted by molar-refractivity contribution is 0.0682. The van der Waals surface area contributed by atoms with Crippen molar-refractivity contribution in [2.45, 2.75) is 89.8 Å². The van der Waals surface area contributed by atoms with Gasteiger partial charge in [-0.1, -0.05) is 38.5 Å². The van der Waals surface area contributed by atoms with E-state index in [1.165, 1.54) is 16.8 Å². The summed E-state index contributed by atoms with van der Waals surface area (Å²) in [5.74, 6) is 3.78. The predicted molar refractivity (Wildman–Crippen MR) is 224 cm³/mol. The van der Waals surface area contributed by atoms with Gasteiger partial charge in [0.25, 0.3) is 0 Å². The number of fused-ring (bicyclic) bond motifs is 2. The summed E-state index contributed by atoms with van der Waals surface area (Å²) in [5.41, 5.74) is 9.75. The highest BCUT2D eigenvalue weighted by Crippen LogP contribution is 2.36. The van der Waals surface area contributed by atoms with Crippen LogP contribution in [-0.4, -0.2) is 69.9 Å². The molecule has 4 heterocycles.